The van der Waals surface area contributed by atoms with Gasteiger partial charge in [0.15, 0.2) is 0 Å². The van der Waals surface area contributed by atoms with Gasteiger partial charge in [0.05, 0.1) is 15.7 Å². The summed E-state index contributed by atoms with van der Waals surface area (Å²) in [5, 5.41) is 3.07. The molecule has 10 heteroatoms. The maximum absolute atomic E-state index is 13.5. The van der Waals surface area contributed by atoms with Crippen molar-refractivity contribution in [3.05, 3.63) is 128 Å². The van der Waals surface area contributed by atoms with E-state index in [0.717, 1.165) is 16.0 Å². The fourth-order valence-electron chi connectivity index (χ4n) is 4.03. The number of carbonyl (C=O) groups is 3. The van der Waals surface area contributed by atoms with Gasteiger partial charge >= 0.3 is 6.03 Å². The zero-order valence-corrected chi connectivity index (χ0v) is 24.4. The number of ether oxygens (including phenoxy) is 2. The van der Waals surface area contributed by atoms with Gasteiger partial charge in [-0.1, -0.05) is 75.5 Å². The molecule has 1 aliphatic heterocycles. The number of nitrogens with zero attached hydrogens (tertiary/aromatic N) is 1. The summed E-state index contributed by atoms with van der Waals surface area (Å²) >= 11 is 15.5. The lowest BCUT2D eigenvalue weighted by molar-refractivity contribution is -0.122. The Morgan fingerprint density at radius 1 is 0.780 bits per heavy atom. The van der Waals surface area contributed by atoms with E-state index >= 15 is 0 Å². The van der Waals surface area contributed by atoms with Gasteiger partial charge in [-0.3, -0.25) is 14.9 Å². The number of hydrogen-bond acceptors (Lipinski definition) is 5. The zero-order valence-electron chi connectivity index (χ0n) is 21.3. The zero-order chi connectivity index (χ0) is 28.9. The second kappa shape index (κ2) is 12.6. The van der Waals surface area contributed by atoms with Crippen LogP contribution in [0.2, 0.25) is 10.0 Å². The number of imide groups is 2. The molecule has 1 N–H and O–H groups in total. The van der Waals surface area contributed by atoms with Crippen LogP contribution in [0.25, 0.3) is 6.08 Å². The molecule has 0 atom stereocenters. The molecule has 0 saturated carbocycles. The second-order valence-corrected chi connectivity index (χ2v) is 10.7. The van der Waals surface area contributed by atoms with Crippen molar-refractivity contribution in [2.24, 2.45) is 0 Å². The Bertz CT molecular complexity index is 1660. The van der Waals surface area contributed by atoms with E-state index in [4.69, 9.17) is 32.7 Å². The lowest BCUT2D eigenvalue weighted by atomic mass is 10.1. The summed E-state index contributed by atoms with van der Waals surface area (Å²) in [7, 11) is 0. The first-order chi connectivity index (χ1) is 19.8. The first-order valence-electron chi connectivity index (χ1n) is 12.3. The highest BCUT2D eigenvalue weighted by molar-refractivity contribution is 9.10. The molecule has 4 aromatic rings. The van der Waals surface area contributed by atoms with Gasteiger partial charge in [0, 0.05) is 10.0 Å². The lowest BCUT2D eigenvalue weighted by Crippen LogP contribution is -2.54. The smallest absolute Gasteiger partial charge is 0.335 e. The molecule has 206 valence electrons. The van der Waals surface area contributed by atoms with Crippen molar-refractivity contribution in [3.63, 3.8) is 0 Å². The molecule has 0 bridgehead atoms. The van der Waals surface area contributed by atoms with E-state index < -0.39 is 17.8 Å². The Balaban J connectivity index is 1.36. The minimum Gasteiger partial charge on any atom is -0.489 e. The van der Waals surface area contributed by atoms with Gasteiger partial charge in [0.25, 0.3) is 11.8 Å². The molecule has 0 unspecified atom stereocenters. The van der Waals surface area contributed by atoms with E-state index in [9.17, 15) is 14.4 Å². The van der Waals surface area contributed by atoms with Crippen molar-refractivity contribution in [3.8, 4) is 11.5 Å². The predicted molar refractivity (Wildman–Crippen MR) is 161 cm³/mol. The van der Waals surface area contributed by atoms with Crippen molar-refractivity contribution < 1.29 is 23.9 Å². The van der Waals surface area contributed by atoms with Crippen LogP contribution in [0.1, 0.15) is 16.7 Å². The topological polar surface area (TPSA) is 84.9 Å². The average Bonchev–Trinajstić information content (AvgIpc) is 2.96. The van der Waals surface area contributed by atoms with Gasteiger partial charge in [-0.05, 0) is 71.8 Å². The van der Waals surface area contributed by atoms with Gasteiger partial charge in [0.2, 0.25) is 0 Å². The standard InChI is InChI=1S/C31H21BrCl2N2O5/c32-22-7-13-28(41-18-20-6-12-26(33)27(34)14-20)21(15-22)16-25-29(37)35-31(39)36(30(25)38)23-8-10-24(11-9-23)40-17-19-4-2-1-3-5-19/h1-16H,17-18H2,(H,35,37,39)/b25-16+. The minimum atomic E-state index is -0.847. The van der Waals surface area contributed by atoms with Crippen LogP contribution < -0.4 is 19.7 Å². The maximum Gasteiger partial charge on any atom is 0.335 e. The number of anilines is 1. The monoisotopic (exact) mass is 650 g/mol. The van der Waals surface area contributed by atoms with E-state index in [1.165, 1.54) is 6.08 Å². The molecular weight excluding hydrogens is 631 g/mol. The molecular formula is C31H21BrCl2N2O5. The van der Waals surface area contributed by atoms with Crippen LogP contribution in [0.5, 0.6) is 11.5 Å². The molecule has 0 spiro atoms. The highest BCUT2D eigenvalue weighted by atomic mass is 79.9. The third kappa shape index (κ3) is 6.79. The van der Waals surface area contributed by atoms with Crippen LogP contribution >= 0.6 is 39.1 Å². The lowest BCUT2D eigenvalue weighted by Gasteiger charge is -2.26. The number of hydrogen-bond donors (Lipinski definition) is 1. The van der Waals surface area contributed by atoms with E-state index in [1.807, 2.05) is 30.3 Å². The Morgan fingerprint density at radius 2 is 1.51 bits per heavy atom. The van der Waals surface area contributed by atoms with Gasteiger partial charge in [-0.25, -0.2) is 9.69 Å². The number of urea groups is 1. The molecule has 5 rings (SSSR count). The number of amides is 4. The summed E-state index contributed by atoms with van der Waals surface area (Å²) in [4.78, 5) is 39.8. The Morgan fingerprint density at radius 3 is 2.24 bits per heavy atom. The largest absolute Gasteiger partial charge is 0.489 e. The number of barbiturate groups is 1. The number of halogens is 3. The molecule has 1 heterocycles. The molecule has 1 aliphatic rings. The van der Waals surface area contributed by atoms with Crippen LogP contribution in [0.4, 0.5) is 10.5 Å². The summed E-state index contributed by atoms with van der Waals surface area (Å²) in [6, 6.07) is 25.6. The molecule has 0 aromatic heterocycles. The van der Waals surface area contributed by atoms with Crippen molar-refractivity contribution >= 4 is 68.7 Å². The van der Waals surface area contributed by atoms with Gasteiger partial charge < -0.3 is 9.47 Å². The number of carbonyl (C=O) groups excluding carboxylic acids is 3. The Labute approximate surface area is 254 Å². The van der Waals surface area contributed by atoms with E-state index in [1.54, 1.807) is 60.7 Å². The van der Waals surface area contributed by atoms with Crippen LogP contribution in [0.3, 0.4) is 0 Å². The predicted octanol–water partition coefficient (Wildman–Crippen LogP) is 7.58. The normalized spacial score (nSPS) is 14.3. The second-order valence-electron chi connectivity index (χ2n) is 8.95. The van der Waals surface area contributed by atoms with E-state index in [-0.39, 0.29) is 17.9 Å². The van der Waals surface area contributed by atoms with Crippen LogP contribution in [0.15, 0.2) is 101 Å². The first-order valence-corrected chi connectivity index (χ1v) is 13.9. The van der Waals surface area contributed by atoms with Crippen LogP contribution in [-0.2, 0) is 22.8 Å². The summed E-state index contributed by atoms with van der Waals surface area (Å²) in [6.45, 7) is 0.533. The summed E-state index contributed by atoms with van der Waals surface area (Å²) in [6.07, 6.45) is 1.39. The maximum atomic E-state index is 13.5. The first kappa shape index (κ1) is 28.4. The molecule has 0 aliphatic carbocycles. The van der Waals surface area contributed by atoms with E-state index in [2.05, 4.69) is 21.2 Å². The Hall–Kier alpha value is -4.11. The van der Waals surface area contributed by atoms with Crippen molar-refractivity contribution in [2.75, 3.05) is 4.90 Å². The van der Waals surface area contributed by atoms with Crippen molar-refractivity contribution in [2.45, 2.75) is 13.2 Å². The van der Waals surface area contributed by atoms with Crippen LogP contribution in [-0.4, -0.2) is 17.8 Å². The van der Waals surface area contributed by atoms with Gasteiger partial charge in [0.1, 0.15) is 30.3 Å². The summed E-state index contributed by atoms with van der Waals surface area (Å²) in [5.74, 6) is -0.607. The molecule has 1 fully saturated rings. The third-order valence-electron chi connectivity index (χ3n) is 6.09. The molecule has 41 heavy (non-hydrogen) atoms. The fourth-order valence-corrected chi connectivity index (χ4v) is 4.73. The fraction of sp³-hybridized carbons (Fsp3) is 0.0645. The quantitative estimate of drug-likeness (QED) is 0.157. The SMILES string of the molecule is O=C1NC(=O)N(c2ccc(OCc3ccccc3)cc2)C(=O)/C1=C/c1cc(Br)ccc1OCc1ccc(Cl)c(Cl)c1. The number of benzene rings is 4. The number of nitrogens with one attached hydrogen (secondary N) is 1. The molecule has 1 saturated heterocycles. The van der Waals surface area contributed by atoms with E-state index in [0.29, 0.717) is 38.2 Å². The highest BCUT2D eigenvalue weighted by Gasteiger charge is 2.37. The minimum absolute atomic E-state index is 0.165. The summed E-state index contributed by atoms with van der Waals surface area (Å²) in [5.41, 5.74) is 2.29. The third-order valence-corrected chi connectivity index (χ3v) is 7.33. The van der Waals surface area contributed by atoms with Crippen molar-refractivity contribution in [1.29, 1.82) is 0 Å². The van der Waals surface area contributed by atoms with Crippen molar-refractivity contribution in [1.82, 2.24) is 5.32 Å². The molecule has 4 amide bonds. The van der Waals surface area contributed by atoms with Crippen LogP contribution in [0, 0.1) is 0 Å². The van der Waals surface area contributed by atoms with Gasteiger partial charge in [-0.15, -0.1) is 0 Å². The molecule has 4 aromatic carbocycles. The highest BCUT2D eigenvalue weighted by Crippen LogP contribution is 2.30. The molecule has 0 radical (unpaired) electrons. The average molecular weight is 652 g/mol. The van der Waals surface area contributed by atoms with Gasteiger partial charge in [-0.2, -0.15) is 0 Å². The Kier molecular flexibility index (Phi) is 8.73. The molecule has 7 nitrogen and oxygen atoms in total. The summed E-state index contributed by atoms with van der Waals surface area (Å²) < 4.78 is 12.5. The number of rotatable bonds is 8.